The van der Waals surface area contributed by atoms with E-state index in [4.69, 9.17) is 14.2 Å². The van der Waals surface area contributed by atoms with Gasteiger partial charge < -0.3 is 19.5 Å². The van der Waals surface area contributed by atoms with E-state index in [1.54, 1.807) is 20.4 Å². The van der Waals surface area contributed by atoms with Crippen LogP contribution in [0, 0.1) is 6.92 Å². The van der Waals surface area contributed by atoms with E-state index in [2.05, 4.69) is 15.3 Å². The molecular formula is C20H21N3O3. The van der Waals surface area contributed by atoms with Gasteiger partial charge in [0.25, 0.3) is 0 Å². The number of rotatable bonds is 7. The third-order valence-corrected chi connectivity index (χ3v) is 3.84. The van der Waals surface area contributed by atoms with Gasteiger partial charge in [0, 0.05) is 18.3 Å². The summed E-state index contributed by atoms with van der Waals surface area (Å²) in [5.74, 6) is 2.99. The first-order chi connectivity index (χ1) is 12.7. The Bertz CT molecular complexity index is 849. The van der Waals surface area contributed by atoms with Gasteiger partial charge in [-0.15, -0.1) is 0 Å². The lowest BCUT2D eigenvalue weighted by Gasteiger charge is -2.11. The quantitative estimate of drug-likeness (QED) is 0.688. The molecule has 26 heavy (non-hydrogen) atoms. The number of methoxy groups -OCH3 is 2. The molecule has 0 unspecified atom stereocenters. The van der Waals surface area contributed by atoms with Gasteiger partial charge >= 0.3 is 6.01 Å². The second-order valence-corrected chi connectivity index (χ2v) is 5.66. The van der Waals surface area contributed by atoms with E-state index >= 15 is 0 Å². The molecule has 6 heteroatoms. The Labute approximate surface area is 152 Å². The number of anilines is 1. The minimum absolute atomic E-state index is 0.290. The van der Waals surface area contributed by atoms with Crippen molar-refractivity contribution in [3.63, 3.8) is 0 Å². The van der Waals surface area contributed by atoms with Gasteiger partial charge in [0.2, 0.25) is 0 Å². The van der Waals surface area contributed by atoms with Crippen molar-refractivity contribution in [1.29, 1.82) is 0 Å². The van der Waals surface area contributed by atoms with Gasteiger partial charge in [-0.25, -0.2) is 4.98 Å². The minimum atomic E-state index is 0.290. The first-order valence-corrected chi connectivity index (χ1v) is 8.20. The van der Waals surface area contributed by atoms with E-state index in [-0.39, 0.29) is 6.01 Å². The average molecular weight is 351 g/mol. The first kappa shape index (κ1) is 17.5. The number of aromatic nitrogens is 2. The van der Waals surface area contributed by atoms with Crippen molar-refractivity contribution in [3.8, 4) is 23.3 Å². The van der Waals surface area contributed by atoms with Crippen LogP contribution >= 0.6 is 0 Å². The van der Waals surface area contributed by atoms with Crippen molar-refractivity contribution in [2.45, 2.75) is 13.5 Å². The maximum Gasteiger partial charge on any atom is 0.323 e. The molecule has 0 saturated heterocycles. The number of hydrogen-bond acceptors (Lipinski definition) is 6. The smallest absolute Gasteiger partial charge is 0.323 e. The Morgan fingerprint density at radius 3 is 2.04 bits per heavy atom. The van der Waals surface area contributed by atoms with Crippen LogP contribution < -0.4 is 19.5 Å². The Kier molecular flexibility index (Phi) is 5.53. The summed E-state index contributed by atoms with van der Waals surface area (Å²) in [5.41, 5.74) is 2.07. The van der Waals surface area contributed by atoms with Gasteiger partial charge in [-0.05, 0) is 48.9 Å². The molecule has 0 bridgehead atoms. The standard InChI is InChI=1S/C20H21N3O3/c1-14-12-22-20(26-18-10-8-17(25-3)9-11-18)23-19(14)21-13-15-4-6-16(24-2)7-5-15/h4-12H,13H2,1-3H3,(H,21,22,23). The zero-order valence-electron chi connectivity index (χ0n) is 15.0. The second-order valence-electron chi connectivity index (χ2n) is 5.66. The highest BCUT2D eigenvalue weighted by Gasteiger charge is 2.06. The maximum absolute atomic E-state index is 5.72. The molecule has 0 amide bonds. The number of nitrogens with one attached hydrogen (secondary N) is 1. The lowest BCUT2D eigenvalue weighted by molar-refractivity contribution is 0.410. The molecule has 0 atom stereocenters. The predicted octanol–water partition coefficient (Wildman–Crippen LogP) is 4.21. The molecular weight excluding hydrogens is 330 g/mol. The Morgan fingerprint density at radius 2 is 1.42 bits per heavy atom. The molecule has 0 aliphatic carbocycles. The monoisotopic (exact) mass is 351 g/mol. The summed E-state index contributed by atoms with van der Waals surface area (Å²) >= 11 is 0. The summed E-state index contributed by atoms with van der Waals surface area (Å²) in [6.07, 6.45) is 1.74. The van der Waals surface area contributed by atoms with E-state index in [1.165, 1.54) is 0 Å². The molecule has 0 fully saturated rings. The van der Waals surface area contributed by atoms with E-state index in [1.807, 2.05) is 55.5 Å². The third kappa shape index (κ3) is 4.42. The Balaban J connectivity index is 1.68. The van der Waals surface area contributed by atoms with Crippen LogP contribution in [0.5, 0.6) is 23.3 Å². The summed E-state index contributed by atoms with van der Waals surface area (Å²) in [6.45, 7) is 2.59. The largest absolute Gasteiger partial charge is 0.497 e. The molecule has 0 aliphatic heterocycles. The molecule has 134 valence electrons. The molecule has 0 aliphatic rings. The number of benzene rings is 2. The minimum Gasteiger partial charge on any atom is -0.497 e. The van der Waals surface area contributed by atoms with Crippen molar-refractivity contribution in [1.82, 2.24) is 9.97 Å². The van der Waals surface area contributed by atoms with Crippen molar-refractivity contribution >= 4 is 5.82 Å². The fraction of sp³-hybridized carbons (Fsp3) is 0.200. The van der Waals surface area contributed by atoms with E-state index in [9.17, 15) is 0 Å². The molecule has 0 spiro atoms. The topological polar surface area (TPSA) is 65.5 Å². The molecule has 1 N–H and O–H groups in total. The van der Waals surface area contributed by atoms with Gasteiger partial charge in [-0.2, -0.15) is 4.98 Å². The van der Waals surface area contributed by atoms with E-state index in [0.29, 0.717) is 12.3 Å². The van der Waals surface area contributed by atoms with Crippen LogP contribution in [0.4, 0.5) is 5.82 Å². The molecule has 1 aromatic heterocycles. The molecule has 0 radical (unpaired) electrons. The highest BCUT2D eigenvalue weighted by molar-refractivity contribution is 5.44. The lowest BCUT2D eigenvalue weighted by Crippen LogP contribution is -2.05. The SMILES string of the molecule is COc1ccc(CNc2nc(Oc3ccc(OC)cc3)ncc2C)cc1. The van der Waals surface area contributed by atoms with Crippen molar-refractivity contribution < 1.29 is 14.2 Å². The molecule has 3 aromatic rings. The Morgan fingerprint density at radius 1 is 0.846 bits per heavy atom. The fourth-order valence-electron chi connectivity index (χ4n) is 2.33. The van der Waals surface area contributed by atoms with Crippen LogP contribution in [0.25, 0.3) is 0 Å². The molecule has 6 nitrogen and oxygen atoms in total. The highest BCUT2D eigenvalue weighted by Crippen LogP contribution is 2.23. The summed E-state index contributed by atoms with van der Waals surface area (Å²) < 4.78 is 16.0. The number of ether oxygens (including phenoxy) is 3. The summed E-state index contributed by atoms with van der Waals surface area (Å²) in [7, 11) is 3.28. The van der Waals surface area contributed by atoms with Crippen LogP contribution in [0.15, 0.2) is 54.7 Å². The van der Waals surface area contributed by atoms with Gasteiger partial charge in [0.05, 0.1) is 14.2 Å². The summed E-state index contributed by atoms with van der Waals surface area (Å²) in [4.78, 5) is 8.69. The normalized spacial score (nSPS) is 10.3. The van der Waals surface area contributed by atoms with E-state index in [0.717, 1.165) is 28.4 Å². The van der Waals surface area contributed by atoms with Crippen LogP contribution in [-0.4, -0.2) is 24.2 Å². The number of nitrogens with zero attached hydrogens (tertiary/aromatic N) is 2. The van der Waals surface area contributed by atoms with Crippen LogP contribution in [-0.2, 0) is 6.54 Å². The van der Waals surface area contributed by atoms with Crippen molar-refractivity contribution in [2.75, 3.05) is 19.5 Å². The number of aryl methyl sites for hydroxylation is 1. The first-order valence-electron chi connectivity index (χ1n) is 8.20. The van der Waals surface area contributed by atoms with Crippen molar-refractivity contribution in [3.05, 3.63) is 65.9 Å². The molecule has 1 heterocycles. The highest BCUT2D eigenvalue weighted by atomic mass is 16.5. The number of hydrogen-bond donors (Lipinski definition) is 1. The second kappa shape index (κ2) is 8.20. The van der Waals surface area contributed by atoms with Gasteiger partial charge in [0.1, 0.15) is 23.1 Å². The van der Waals surface area contributed by atoms with Gasteiger partial charge in [-0.3, -0.25) is 0 Å². The zero-order valence-corrected chi connectivity index (χ0v) is 15.0. The average Bonchev–Trinajstić information content (AvgIpc) is 2.69. The van der Waals surface area contributed by atoms with Crippen molar-refractivity contribution in [2.24, 2.45) is 0 Å². The predicted molar refractivity (Wildman–Crippen MR) is 100 cm³/mol. The molecule has 2 aromatic carbocycles. The van der Waals surface area contributed by atoms with E-state index < -0.39 is 0 Å². The van der Waals surface area contributed by atoms with Crippen LogP contribution in [0.3, 0.4) is 0 Å². The zero-order chi connectivity index (χ0) is 18.4. The summed E-state index contributed by atoms with van der Waals surface area (Å²) in [5, 5.41) is 3.32. The third-order valence-electron chi connectivity index (χ3n) is 3.84. The van der Waals surface area contributed by atoms with Crippen LogP contribution in [0.2, 0.25) is 0 Å². The maximum atomic E-state index is 5.72. The molecule has 0 saturated carbocycles. The Hall–Kier alpha value is -3.28. The fourth-order valence-corrected chi connectivity index (χ4v) is 2.33. The molecule has 3 rings (SSSR count). The lowest BCUT2D eigenvalue weighted by atomic mass is 10.2. The summed E-state index contributed by atoms with van der Waals surface area (Å²) in [6, 6.07) is 15.5. The van der Waals surface area contributed by atoms with Gasteiger partial charge in [0.15, 0.2) is 0 Å². The van der Waals surface area contributed by atoms with Gasteiger partial charge in [-0.1, -0.05) is 12.1 Å². The van der Waals surface area contributed by atoms with Crippen LogP contribution in [0.1, 0.15) is 11.1 Å².